The summed E-state index contributed by atoms with van der Waals surface area (Å²) in [5.74, 6) is 1.03. The van der Waals surface area contributed by atoms with E-state index in [0.717, 1.165) is 11.3 Å². The van der Waals surface area contributed by atoms with E-state index in [2.05, 4.69) is 20.3 Å². The molecule has 0 aromatic carbocycles. The lowest BCUT2D eigenvalue weighted by Gasteiger charge is -2.08. The first-order valence-electron chi connectivity index (χ1n) is 4.73. The van der Waals surface area contributed by atoms with E-state index >= 15 is 0 Å². The first-order chi connectivity index (χ1) is 7.65. The monoisotopic (exact) mass is 216 g/mol. The van der Waals surface area contributed by atoms with Crippen molar-refractivity contribution in [3.05, 3.63) is 30.1 Å². The number of rotatable bonds is 2. The number of nitrogens with one attached hydrogen (secondary N) is 1. The zero-order valence-corrected chi connectivity index (χ0v) is 8.81. The van der Waals surface area contributed by atoms with Crippen LogP contribution in [-0.4, -0.2) is 15.0 Å². The van der Waals surface area contributed by atoms with Gasteiger partial charge in [0.15, 0.2) is 0 Å². The number of pyridine rings is 1. The Kier molecular flexibility index (Phi) is 2.55. The molecule has 2 heterocycles. The Bertz CT molecular complexity index is 490. The highest BCUT2D eigenvalue weighted by Crippen LogP contribution is 2.18. The minimum Gasteiger partial charge on any atom is -0.383 e. The standard InChI is InChI=1S/C10H12N6/c1-6-2-3-13-5-7(6)14-9-4-8(11)15-10(12)16-9/h2-5H,1H3,(H5,11,12,14,15,16). The Morgan fingerprint density at radius 1 is 1.25 bits per heavy atom. The second-order valence-electron chi connectivity index (χ2n) is 3.35. The largest absolute Gasteiger partial charge is 0.383 e. The average Bonchev–Trinajstić information content (AvgIpc) is 2.20. The predicted molar refractivity (Wildman–Crippen MR) is 63.1 cm³/mol. The summed E-state index contributed by atoms with van der Waals surface area (Å²) in [7, 11) is 0. The van der Waals surface area contributed by atoms with Gasteiger partial charge in [-0.2, -0.15) is 9.97 Å². The molecule has 0 spiro atoms. The van der Waals surface area contributed by atoms with E-state index in [-0.39, 0.29) is 5.95 Å². The third-order valence-corrected chi connectivity index (χ3v) is 2.07. The Balaban J connectivity index is 2.30. The maximum atomic E-state index is 5.56. The summed E-state index contributed by atoms with van der Waals surface area (Å²) in [5, 5.41) is 3.08. The maximum absolute atomic E-state index is 5.56. The second kappa shape index (κ2) is 4.01. The molecular formula is C10H12N6. The quantitative estimate of drug-likeness (QED) is 0.694. The van der Waals surface area contributed by atoms with Gasteiger partial charge < -0.3 is 16.8 Å². The predicted octanol–water partition coefficient (Wildman–Crippen LogP) is 1.09. The summed E-state index contributed by atoms with van der Waals surface area (Å²) < 4.78 is 0. The molecule has 6 nitrogen and oxygen atoms in total. The van der Waals surface area contributed by atoms with Crippen molar-refractivity contribution < 1.29 is 0 Å². The van der Waals surface area contributed by atoms with Gasteiger partial charge in [-0.05, 0) is 18.6 Å². The SMILES string of the molecule is Cc1ccncc1Nc1cc(N)nc(N)n1. The smallest absolute Gasteiger partial charge is 0.223 e. The average molecular weight is 216 g/mol. The lowest BCUT2D eigenvalue weighted by atomic mass is 10.2. The Morgan fingerprint density at radius 2 is 2.06 bits per heavy atom. The van der Waals surface area contributed by atoms with Gasteiger partial charge in [0.1, 0.15) is 11.6 Å². The van der Waals surface area contributed by atoms with Crippen LogP contribution in [0.5, 0.6) is 0 Å². The molecule has 0 aliphatic carbocycles. The normalized spacial score (nSPS) is 10.1. The molecule has 0 saturated carbocycles. The van der Waals surface area contributed by atoms with E-state index in [1.54, 1.807) is 18.5 Å². The summed E-state index contributed by atoms with van der Waals surface area (Å²) >= 11 is 0. The van der Waals surface area contributed by atoms with Crippen molar-refractivity contribution >= 4 is 23.3 Å². The van der Waals surface area contributed by atoms with E-state index in [0.29, 0.717) is 11.6 Å². The van der Waals surface area contributed by atoms with Crippen molar-refractivity contribution in [2.75, 3.05) is 16.8 Å². The molecule has 6 heteroatoms. The van der Waals surface area contributed by atoms with Crippen LogP contribution in [-0.2, 0) is 0 Å². The molecule has 0 amide bonds. The van der Waals surface area contributed by atoms with Gasteiger partial charge >= 0.3 is 0 Å². The van der Waals surface area contributed by atoms with Crippen LogP contribution < -0.4 is 16.8 Å². The van der Waals surface area contributed by atoms with Crippen LogP contribution in [0.25, 0.3) is 0 Å². The highest BCUT2D eigenvalue weighted by Gasteiger charge is 2.02. The van der Waals surface area contributed by atoms with E-state index in [9.17, 15) is 0 Å². The molecule has 2 aromatic heterocycles. The number of nitrogen functional groups attached to an aromatic ring is 2. The minimum absolute atomic E-state index is 0.143. The van der Waals surface area contributed by atoms with Gasteiger partial charge in [-0.3, -0.25) is 4.98 Å². The molecule has 2 aromatic rings. The van der Waals surface area contributed by atoms with Crippen LogP contribution in [0.15, 0.2) is 24.5 Å². The second-order valence-corrected chi connectivity index (χ2v) is 3.35. The fourth-order valence-electron chi connectivity index (χ4n) is 1.28. The summed E-state index contributed by atoms with van der Waals surface area (Å²) in [6.45, 7) is 1.97. The van der Waals surface area contributed by atoms with Gasteiger partial charge in [0, 0.05) is 12.3 Å². The molecular weight excluding hydrogens is 204 g/mol. The van der Waals surface area contributed by atoms with E-state index in [1.807, 2.05) is 13.0 Å². The summed E-state index contributed by atoms with van der Waals surface area (Å²) in [6.07, 6.45) is 3.44. The third kappa shape index (κ3) is 2.17. The first-order valence-corrected chi connectivity index (χ1v) is 4.73. The molecule has 0 saturated heterocycles. The van der Waals surface area contributed by atoms with Crippen molar-refractivity contribution in [3.8, 4) is 0 Å². The van der Waals surface area contributed by atoms with E-state index in [1.165, 1.54) is 0 Å². The third-order valence-electron chi connectivity index (χ3n) is 2.07. The van der Waals surface area contributed by atoms with Crippen LogP contribution in [0, 0.1) is 6.92 Å². The van der Waals surface area contributed by atoms with Crippen molar-refractivity contribution in [2.45, 2.75) is 6.92 Å². The summed E-state index contributed by atoms with van der Waals surface area (Å²) in [5.41, 5.74) is 13.0. The zero-order chi connectivity index (χ0) is 11.5. The Morgan fingerprint density at radius 3 is 2.75 bits per heavy atom. The maximum Gasteiger partial charge on any atom is 0.223 e. The number of nitrogens with two attached hydrogens (primary N) is 2. The number of aryl methyl sites for hydroxylation is 1. The van der Waals surface area contributed by atoms with Crippen LogP contribution in [0.4, 0.5) is 23.3 Å². The van der Waals surface area contributed by atoms with Gasteiger partial charge in [0.2, 0.25) is 5.95 Å². The molecule has 16 heavy (non-hydrogen) atoms. The van der Waals surface area contributed by atoms with Gasteiger partial charge in [-0.15, -0.1) is 0 Å². The number of hydrogen-bond acceptors (Lipinski definition) is 6. The van der Waals surface area contributed by atoms with Crippen molar-refractivity contribution in [3.63, 3.8) is 0 Å². The fraction of sp³-hybridized carbons (Fsp3) is 0.100. The van der Waals surface area contributed by atoms with Crippen molar-refractivity contribution in [2.24, 2.45) is 0 Å². The van der Waals surface area contributed by atoms with Crippen molar-refractivity contribution in [1.82, 2.24) is 15.0 Å². The van der Waals surface area contributed by atoms with Gasteiger partial charge in [0.25, 0.3) is 0 Å². The van der Waals surface area contributed by atoms with Crippen LogP contribution in [0.3, 0.4) is 0 Å². The molecule has 0 unspecified atom stereocenters. The Labute approximate surface area is 92.7 Å². The van der Waals surface area contributed by atoms with E-state index < -0.39 is 0 Å². The number of nitrogens with zero attached hydrogens (tertiary/aromatic N) is 3. The molecule has 82 valence electrons. The van der Waals surface area contributed by atoms with Gasteiger partial charge in [-0.25, -0.2) is 0 Å². The molecule has 0 atom stereocenters. The highest BCUT2D eigenvalue weighted by atomic mass is 15.1. The first kappa shape index (κ1) is 10.2. The fourth-order valence-corrected chi connectivity index (χ4v) is 1.28. The van der Waals surface area contributed by atoms with Crippen LogP contribution in [0.2, 0.25) is 0 Å². The minimum atomic E-state index is 0.143. The lowest BCUT2D eigenvalue weighted by Crippen LogP contribution is -2.03. The topological polar surface area (TPSA) is 103 Å². The number of aromatic nitrogens is 3. The van der Waals surface area contributed by atoms with Crippen molar-refractivity contribution in [1.29, 1.82) is 0 Å². The van der Waals surface area contributed by atoms with Crippen LogP contribution in [0.1, 0.15) is 5.56 Å². The lowest BCUT2D eigenvalue weighted by molar-refractivity contribution is 1.18. The molecule has 0 fully saturated rings. The molecule has 0 aliphatic heterocycles. The van der Waals surface area contributed by atoms with E-state index in [4.69, 9.17) is 11.5 Å². The zero-order valence-electron chi connectivity index (χ0n) is 8.81. The van der Waals surface area contributed by atoms with Gasteiger partial charge in [0.05, 0.1) is 11.9 Å². The summed E-state index contributed by atoms with van der Waals surface area (Å²) in [4.78, 5) is 11.8. The van der Waals surface area contributed by atoms with Gasteiger partial charge in [-0.1, -0.05) is 0 Å². The molecule has 5 N–H and O–H groups in total. The Hall–Kier alpha value is -2.37. The molecule has 0 bridgehead atoms. The van der Waals surface area contributed by atoms with Crippen LogP contribution >= 0.6 is 0 Å². The molecule has 0 aliphatic rings. The number of hydrogen-bond donors (Lipinski definition) is 3. The molecule has 2 rings (SSSR count). The highest BCUT2D eigenvalue weighted by molar-refractivity contribution is 5.61. The summed E-state index contributed by atoms with van der Waals surface area (Å²) in [6, 6.07) is 3.51. The number of anilines is 4. The molecule has 0 radical (unpaired) electrons.